The summed E-state index contributed by atoms with van der Waals surface area (Å²) in [5, 5.41) is 13.4. The molecule has 2 aromatic rings. The minimum absolute atomic E-state index is 0.335. The quantitative estimate of drug-likeness (QED) is 0.805. The number of benzene rings is 2. The smallest absolute Gasteiger partial charge is 0.261 e. The van der Waals surface area contributed by atoms with Crippen molar-refractivity contribution in [3.05, 3.63) is 58.1 Å². The van der Waals surface area contributed by atoms with Crippen LogP contribution in [-0.4, -0.2) is 23.9 Å². The summed E-state index contributed by atoms with van der Waals surface area (Å²) >= 11 is 3.31. The van der Waals surface area contributed by atoms with E-state index in [1.807, 2.05) is 0 Å². The van der Waals surface area contributed by atoms with Crippen molar-refractivity contribution < 1.29 is 19.4 Å². The number of amides is 1. The highest BCUT2D eigenvalue weighted by atomic mass is 79.9. The van der Waals surface area contributed by atoms with Crippen molar-refractivity contribution >= 4 is 33.3 Å². The van der Waals surface area contributed by atoms with E-state index in [-0.39, 0.29) is 12.2 Å². The molecular weight excluding hydrogens is 362 g/mol. The highest BCUT2D eigenvalue weighted by molar-refractivity contribution is 9.10. The van der Waals surface area contributed by atoms with E-state index >= 15 is 0 Å². The number of ether oxygens (including phenoxy) is 1. The maximum atomic E-state index is 12.6. The van der Waals surface area contributed by atoms with Crippen molar-refractivity contribution in [3.8, 4) is 5.75 Å². The van der Waals surface area contributed by atoms with Crippen LogP contribution in [0.15, 0.2) is 46.9 Å². The number of anilines is 1. The third kappa shape index (κ3) is 2.64. The second-order valence-electron chi connectivity index (χ2n) is 5.30. The summed E-state index contributed by atoms with van der Waals surface area (Å²) in [4.78, 5) is 24.8. The molecule has 2 N–H and O–H groups in total. The standard InChI is InChI=1S/C17H14BrNO4/c1-23-15-5-3-2-4-11(15)14(20)9-17(22)12-7-6-10(18)8-13(12)19-16(17)21/h2-8,22H,9H2,1H3,(H,19,21)/t17-/m1/s1. The SMILES string of the molecule is COc1ccccc1C(=O)C[C@]1(O)C(=O)Nc2cc(Br)ccc21. The molecule has 1 amide bonds. The van der Waals surface area contributed by atoms with Crippen molar-refractivity contribution in [1.29, 1.82) is 0 Å². The molecule has 0 aromatic heterocycles. The summed E-state index contributed by atoms with van der Waals surface area (Å²) in [6.07, 6.45) is -0.353. The van der Waals surface area contributed by atoms with Gasteiger partial charge in [-0.3, -0.25) is 9.59 Å². The van der Waals surface area contributed by atoms with Gasteiger partial charge >= 0.3 is 0 Å². The number of carbonyl (C=O) groups excluding carboxylic acids is 2. The van der Waals surface area contributed by atoms with E-state index in [0.29, 0.717) is 22.6 Å². The predicted molar refractivity (Wildman–Crippen MR) is 88.6 cm³/mol. The molecule has 0 saturated carbocycles. The Morgan fingerprint density at radius 1 is 1.30 bits per heavy atom. The first-order valence-electron chi connectivity index (χ1n) is 6.96. The molecule has 0 bridgehead atoms. The van der Waals surface area contributed by atoms with Gasteiger partial charge in [-0.05, 0) is 24.3 Å². The fourth-order valence-electron chi connectivity index (χ4n) is 2.71. The minimum atomic E-state index is -1.88. The second-order valence-corrected chi connectivity index (χ2v) is 6.22. The molecule has 1 aliphatic heterocycles. The normalized spacial score (nSPS) is 19.2. The van der Waals surface area contributed by atoms with E-state index in [1.165, 1.54) is 7.11 Å². The highest BCUT2D eigenvalue weighted by Gasteiger charge is 2.47. The largest absolute Gasteiger partial charge is 0.496 e. The van der Waals surface area contributed by atoms with Crippen LogP contribution in [0.5, 0.6) is 5.75 Å². The number of methoxy groups -OCH3 is 1. The Labute approximate surface area is 141 Å². The van der Waals surface area contributed by atoms with Crippen LogP contribution in [0.4, 0.5) is 5.69 Å². The van der Waals surface area contributed by atoms with Crippen molar-refractivity contribution in [2.45, 2.75) is 12.0 Å². The van der Waals surface area contributed by atoms with Gasteiger partial charge in [-0.1, -0.05) is 34.1 Å². The van der Waals surface area contributed by atoms with Gasteiger partial charge in [-0.2, -0.15) is 0 Å². The third-order valence-electron chi connectivity index (χ3n) is 3.87. The lowest BCUT2D eigenvalue weighted by atomic mass is 9.88. The van der Waals surface area contributed by atoms with Crippen LogP contribution in [0.1, 0.15) is 22.3 Å². The summed E-state index contributed by atoms with van der Waals surface area (Å²) in [5.41, 5.74) is -0.649. The van der Waals surface area contributed by atoms with Gasteiger partial charge in [-0.25, -0.2) is 0 Å². The van der Waals surface area contributed by atoms with Crippen LogP contribution >= 0.6 is 15.9 Å². The number of fused-ring (bicyclic) bond motifs is 1. The van der Waals surface area contributed by atoms with Crippen LogP contribution < -0.4 is 10.1 Å². The number of aliphatic hydroxyl groups is 1. The number of hydrogen-bond donors (Lipinski definition) is 2. The second kappa shape index (κ2) is 5.79. The first-order valence-corrected chi connectivity index (χ1v) is 7.75. The Morgan fingerprint density at radius 3 is 2.78 bits per heavy atom. The van der Waals surface area contributed by atoms with Gasteiger partial charge in [0.15, 0.2) is 11.4 Å². The minimum Gasteiger partial charge on any atom is -0.496 e. The van der Waals surface area contributed by atoms with Crippen molar-refractivity contribution in [1.82, 2.24) is 0 Å². The zero-order chi connectivity index (χ0) is 16.6. The molecule has 5 nitrogen and oxygen atoms in total. The van der Waals surface area contributed by atoms with Crippen molar-refractivity contribution in [2.75, 3.05) is 12.4 Å². The molecule has 0 fully saturated rings. The number of Topliss-reactive ketones (excluding diaryl/α,β-unsaturated/α-hetero) is 1. The molecule has 3 rings (SSSR count). The molecule has 1 aliphatic rings. The number of nitrogens with one attached hydrogen (secondary N) is 1. The lowest BCUT2D eigenvalue weighted by Crippen LogP contribution is -2.36. The number of rotatable bonds is 4. The molecule has 1 atom stereocenters. The van der Waals surface area contributed by atoms with E-state index in [0.717, 1.165) is 4.47 Å². The lowest BCUT2D eigenvalue weighted by Gasteiger charge is -2.20. The fraction of sp³-hybridized carbons (Fsp3) is 0.176. The van der Waals surface area contributed by atoms with Crippen LogP contribution in [0.3, 0.4) is 0 Å². The molecule has 6 heteroatoms. The summed E-state index contributed by atoms with van der Waals surface area (Å²) < 4.78 is 5.94. The average molecular weight is 376 g/mol. The Hall–Kier alpha value is -2.18. The Bertz CT molecular complexity index is 805. The molecular formula is C17H14BrNO4. The topological polar surface area (TPSA) is 75.6 Å². The fourth-order valence-corrected chi connectivity index (χ4v) is 3.07. The predicted octanol–water partition coefficient (Wildman–Crippen LogP) is 2.87. The molecule has 1 heterocycles. The third-order valence-corrected chi connectivity index (χ3v) is 4.37. The molecule has 0 spiro atoms. The van der Waals surface area contributed by atoms with E-state index in [2.05, 4.69) is 21.2 Å². The van der Waals surface area contributed by atoms with Gasteiger partial charge in [-0.15, -0.1) is 0 Å². The molecule has 0 aliphatic carbocycles. The van der Waals surface area contributed by atoms with Gasteiger partial charge in [0.2, 0.25) is 0 Å². The molecule has 2 aromatic carbocycles. The molecule has 0 unspecified atom stereocenters. The first kappa shape index (κ1) is 15.7. The Morgan fingerprint density at radius 2 is 2.04 bits per heavy atom. The van der Waals surface area contributed by atoms with Crippen LogP contribution in [0.2, 0.25) is 0 Å². The first-order chi connectivity index (χ1) is 11.0. The molecule has 23 heavy (non-hydrogen) atoms. The van der Waals surface area contributed by atoms with E-state index in [4.69, 9.17) is 4.74 Å². The van der Waals surface area contributed by atoms with Gasteiger partial charge in [0.25, 0.3) is 5.91 Å². The molecule has 0 saturated heterocycles. The summed E-state index contributed by atoms with van der Waals surface area (Å²) in [6.45, 7) is 0. The zero-order valence-electron chi connectivity index (χ0n) is 12.3. The van der Waals surface area contributed by atoms with Crippen LogP contribution in [0.25, 0.3) is 0 Å². The Kier molecular flexibility index (Phi) is 3.95. The number of para-hydroxylation sites is 1. The van der Waals surface area contributed by atoms with Gasteiger partial charge < -0.3 is 15.2 Å². The number of halogens is 1. The summed E-state index contributed by atoms with van der Waals surface area (Å²) in [7, 11) is 1.47. The van der Waals surface area contributed by atoms with Crippen molar-refractivity contribution in [3.63, 3.8) is 0 Å². The summed E-state index contributed by atoms with van der Waals surface area (Å²) in [5.74, 6) is -0.555. The zero-order valence-corrected chi connectivity index (χ0v) is 13.9. The molecule has 0 radical (unpaired) electrons. The monoisotopic (exact) mass is 375 g/mol. The molecule has 118 valence electrons. The van der Waals surface area contributed by atoms with Crippen LogP contribution in [-0.2, 0) is 10.4 Å². The lowest BCUT2D eigenvalue weighted by molar-refractivity contribution is -0.133. The van der Waals surface area contributed by atoms with Crippen molar-refractivity contribution in [2.24, 2.45) is 0 Å². The maximum absolute atomic E-state index is 12.6. The van der Waals surface area contributed by atoms with E-state index in [1.54, 1.807) is 42.5 Å². The van der Waals surface area contributed by atoms with Crippen LogP contribution in [0, 0.1) is 0 Å². The van der Waals surface area contributed by atoms with Gasteiger partial charge in [0.1, 0.15) is 5.75 Å². The number of carbonyl (C=O) groups is 2. The Balaban J connectivity index is 1.96. The number of ketones is 1. The van der Waals surface area contributed by atoms with Gasteiger partial charge in [0, 0.05) is 15.7 Å². The maximum Gasteiger partial charge on any atom is 0.261 e. The summed E-state index contributed by atoms with van der Waals surface area (Å²) in [6, 6.07) is 11.8. The van der Waals surface area contributed by atoms with Gasteiger partial charge in [0.05, 0.1) is 19.1 Å². The average Bonchev–Trinajstić information content (AvgIpc) is 2.77. The highest BCUT2D eigenvalue weighted by Crippen LogP contribution is 2.40. The van der Waals surface area contributed by atoms with E-state index in [9.17, 15) is 14.7 Å². The van der Waals surface area contributed by atoms with E-state index < -0.39 is 11.5 Å². The number of hydrogen-bond acceptors (Lipinski definition) is 4.